The van der Waals surface area contributed by atoms with E-state index in [1.165, 1.54) is 28.9 Å². The number of amides is 1. The number of para-hydroxylation sites is 2. The Balaban J connectivity index is 1.37. The Hall–Kier alpha value is -2.97. The van der Waals surface area contributed by atoms with Crippen LogP contribution in [0, 0.1) is 5.82 Å². The van der Waals surface area contributed by atoms with Crippen LogP contribution >= 0.6 is 23.1 Å². The van der Waals surface area contributed by atoms with Crippen LogP contribution in [-0.2, 0) is 4.79 Å². The molecule has 150 valence electrons. The number of carbonyl (C=O) groups is 1. The van der Waals surface area contributed by atoms with Crippen LogP contribution in [0.5, 0.6) is 0 Å². The Labute approximate surface area is 180 Å². The molecule has 3 heterocycles. The second-order valence-electron chi connectivity index (χ2n) is 6.77. The van der Waals surface area contributed by atoms with E-state index in [9.17, 15) is 9.18 Å². The van der Waals surface area contributed by atoms with Crippen molar-refractivity contribution in [3.63, 3.8) is 0 Å². The number of nitrogens with zero attached hydrogens (tertiary/aromatic N) is 3. The van der Waals surface area contributed by atoms with Gasteiger partial charge in [0.25, 0.3) is 11.1 Å². The first kappa shape index (κ1) is 19.0. The number of carbonyl (C=O) groups excluding carboxylic acids is 1. The third kappa shape index (κ3) is 3.76. The molecule has 0 spiro atoms. The molecule has 5 nitrogen and oxygen atoms in total. The number of rotatable bonds is 5. The van der Waals surface area contributed by atoms with Gasteiger partial charge < -0.3 is 4.42 Å². The summed E-state index contributed by atoms with van der Waals surface area (Å²) in [5.41, 5.74) is 3.16. The molecule has 0 aliphatic carbocycles. The zero-order valence-corrected chi connectivity index (χ0v) is 17.3. The Morgan fingerprint density at radius 2 is 2.00 bits per heavy atom. The first-order valence-electron chi connectivity index (χ1n) is 9.34. The largest absolute Gasteiger partial charge is 0.431 e. The van der Waals surface area contributed by atoms with E-state index in [0.29, 0.717) is 17.2 Å². The van der Waals surface area contributed by atoms with Gasteiger partial charge in [0.15, 0.2) is 5.58 Å². The fraction of sp³-hybridized carbons (Fsp3) is 0.136. The highest BCUT2D eigenvalue weighted by Gasteiger charge is 2.33. The van der Waals surface area contributed by atoms with Gasteiger partial charge in [0.05, 0.1) is 22.4 Å². The lowest BCUT2D eigenvalue weighted by Crippen LogP contribution is -2.28. The van der Waals surface area contributed by atoms with Gasteiger partial charge in [-0.3, -0.25) is 4.79 Å². The average molecular weight is 438 g/mol. The molecule has 0 radical (unpaired) electrons. The van der Waals surface area contributed by atoms with Crippen molar-refractivity contribution in [3.05, 3.63) is 82.3 Å². The van der Waals surface area contributed by atoms with Gasteiger partial charge in [-0.1, -0.05) is 42.1 Å². The molecule has 0 saturated heterocycles. The number of hydrazone groups is 1. The summed E-state index contributed by atoms with van der Waals surface area (Å²) in [6.45, 7) is 0. The summed E-state index contributed by atoms with van der Waals surface area (Å²) in [6.07, 6.45) is 0.589. The predicted molar refractivity (Wildman–Crippen MR) is 116 cm³/mol. The first-order chi connectivity index (χ1) is 14.7. The van der Waals surface area contributed by atoms with Crippen LogP contribution in [0.3, 0.4) is 0 Å². The summed E-state index contributed by atoms with van der Waals surface area (Å²) in [5, 5.41) is 8.56. The molecule has 4 aromatic rings. The van der Waals surface area contributed by atoms with Crippen LogP contribution in [0.1, 0.15) is 22.9 Å². The number of oxazole rings is 1. The van der Waals surface area contributed by atoms with E-state index < -0.39 is 0 Å². The third-order valence-electron chi connectivity index (χ3n) is 4.82. The quantitative estimate of drug-likeness (QED) is 0.387. The minimum Gasteiger partial charge on any atom is -0.431 e. The van der Waals surface area contributed by atoms with E-state index in [1.807, 2.05) is 41.8 Å². The van der Waals surface area contributed by atoms with Gasteiger partial charge >= 0.3 is 0 Å². The highest BCUT2D eigenvalue weighted by Crippen LogP contribution is 2.35. The van der Waals surface area contributed by atoms with Crippen LogP contribution in [0.25, 0.3) is 11.1 Å². The van der Waals surface area contributed by atoms with Gasteiger partial charge in [-0.05, 0) is 41.3 Å². The van der Waals surface area contributed by atoms with Crippen molar-refractivity contribution in [1.29, 1.82) is 0 Å². The highest BCUT2D eigenvalue weighted by atomic mass is 32.2. The van der Waals surface area contributed by atoms with Gasteiger partial charge in [0.1, 0.15) is 11.3 Å². The summed E-state index contributed by atoms with van der Waals surface area (Å²) in [5.74, 6) is -0.310. The van der Waals surface area contributed by atoms with Crippen LogP contribution < -0.4 is 0 Å². The molecule has 30 heavy (non-hydrogen) atoms. The number of fused-ring (bicyclic) bond motifs is 1. The van der Waals surface area contributed by atoms with E-state index >= 15 is 0 Å². The second kappa shape index (κ2) is 8.04. The molecule has 2 aromatic carbocycles. The van der Waals surface area contributed by atoms with E-state index in [0.717, 1.165) is 21.7 Å². The number of hydrogen-bond acceptors (Lipinski definition) is 6. The van der Waals surface area contributed by atoms with Gasteiger partial charge in [0.2, 0.25) is 0 Å². The molecule has 5 rings (SSSR count). The van der Waals surface area contributed by atoms with Crippen molar-refractivity contribution in [2.45, 2.75) is 17.7 Å². The Morgan fingerprint density at radius 3 is 2.77 bits per heavy atom. The molecule has 1 aliphatic heterocycles. The Morgan fingerprint density at radius 1 is 1.17 bits per heavy atom. The smallest absolute Gasteiger partial charge is 0.257 e. The number of halogens is 1. The lowest BCUT2D eigenvalue weighted by molar-refractivity contribution is -0.130. The van der Waals surface area contributed by atoms with Crippen molar-refractivity contribution >= 4 is 45.8 Å². The molecule has 2 aromatic heterocycles. The lowest BCUT2D eigenvalue weighted by Gasteiger charge is -2.21. The van der Waals surface area contributed by atoms with Crippen molar-refractivity contribution in [2.24, 2.45) is 5.10 Å². The van der Waals surface area contributed by atoms with Crippen LogP contribution in [-0.4, -0.2) is 27.4 Å². The summed E-state index contributed by atoms with van der Waals surface area (Å²) >= 11 is 2.83. The summed E-state index contributed by atoms with van der Waals surface area (Å²) in [4.78, 5) is 18.5. The number of aromatic nitrogens is 1. The fourth-order valence-electron chi connectivity index (χ4n) is 3.38. The normalized spacial score (nSPS) is 16.2. The monoisotopic (exact) mass is 437 g/mol. The zero-order chi connectivity index (χ0) is 20.5. The molecular formula is C22H16FN3O2S2. The summed E-state index contributed by atoms with van der Waals surface area (Å²) in [6, 6.07) is 17.4. The summed E-state index contributed by atoms with van der Waals surface area (Å²) in [7, 11) is 0. The Bertz CT molecular complexity index is 1190. The maximum absolute atomic E-state index is 13.4. The van der Waals surface area contributed by atoms with E-state index in [4.69, 9.17) is 4.42 Å². The van der Waals surface area contributed by atoms with Gasteiger partial charge in [-0.2, -0.15) is 5.10 Å². The zero-order valence-electron chi connectivity index (χ0n) is 15.7. The fourth-order valence-corrected chi connectivity index (χ4v) is 4.79. The van der Waals surface area contributed by atoms with Crippen LogP contribution in [0.2, 0.25) is 0 Å². The molecule has 0 saturated carbocycles. The molecule has 0 fully saturated rings. The average Bonchev–Trinajstić information content (AvgIpc) is 3.51. The summed E-state index contributed by atoms with van der Waals surface area (Å²) < 4.78 is 19.1. The topological polar surface area (TPSA) is 58.7 Å². The number of thiophene rings is 1. The number of thioether (sulfide) groups is 1. The minimum atomic E-state index is -0.305. The first-order valence-corrected chi connectivity index (χ1v) is 11.2. The number of hydrogen-bond donors (Lipinski definition) is 0. The molecular weight excluding hydrogens is 421 g/mol. The maximum Gasteiger partial charge on any atom is 0.257 e. The highest BCUT2D eigenvalue weighted by molar-refractivity contribution is 7.99. The second-order valence-corrected chi connectivity index (χ2v) is 8.64. The standard InChI is InChI=1S/C22H16FN3O2S2/c23-15-9-7-14(8-10-15)18-12-17(20-6-3-11-29-20)25-26(18)21(27)13-30-22-24-16-4-1-2-5-19(16)28-22/h1-11,18H,12-13H2. The molecule has 1 unspecified atom stereocenters. The molecule has 1 aliphatic rings. The predicted octanol–water partition coefficient (Wildman–Crippen LogP) is 5.50. The van der Waals surface area contributed by atoms with E-state index in [-0.39, 0.29) is 23.5 Å². The van der Waals surface area contributed by atoms with E-state index in [2.05, 4.69) is 10.1 Å². The minimum absolute atomic E-state index is 0.145. The van der Waals surface area contributed by atoms with Crippen molar-refractivity contribution in [2.75, 3.05) is 5.75 Å². The SMILES string of the molecule is O=C(CSc1nc2ccccc2o1)N1N=C(c2cccs2)CC1c1ccc(F)cc1. The molecule has 0 N–H and O–H groups in total. The molecule has 0 bridgehead atoms. The van der Waals surface area contributed by atoms with Crippen molar-refractivity contribution < 1.29 is 13.6 Å². The maximum atomic E-state index is 13.4. The molecule has 8 heteroatoms. The van der Waals surface area contributed by atoms with Crippen LogP contribution in [0.15, 0.2) is 80.8 Å². The third-order valence-corrected chi connectivity index (χ3v) is 6.55. The lowest BCUT2D eigenvalue weighted by atomic mass is 10.0. The van der Waals surface area contributed by atoms with Gasteiger partial charge in [-0.15, -0.1) is 11.3 Å². The van der Waals surface area contributed by atoms with Crippen molar-refractivity contribution in [1.82, 2.24) is 9.99 Å². The van der Waals surface area contributed by atoms with E-state index in [1.54, 1.807) is 23.5 Å². The molecule has 1 amide bonds. The van der Waals surface area contributed by atoms with Crippen molar-refractivity contribution in [3.8, 4) is 0 Å². The van der Waals surface area contributed by atoms with Crippen LogP contribution in [0.4, 0.5) is 4.39 Å². The number of benzene rings is 2. The van der Waals surface area contributed by atoms with Gasteiger partial charge in [0, 0.05) is 6.42 Å². The Kier molecular flexibility index (Phi) is 5.10. The molecule has 1 atom stereocenters. The van der Waals surface area contributed by atoms with Gasteiger partial charge in [-0.25, -0.2) is 14.4 Å².